The maximum atomic E-state index is 13.8. The van der Waals surface area contributed by atoms with Gasteiger partial charge in [-0.3, -0.25) is 4.90 Å². The maximum Gasteiger partial charge on any atom is 0.434 e. The number of anilines is 4. The molecule has 5 heterocycles. The summed E-state index contributed by atoms with van der Waals surface area (Å²) in [5, 5.41) is 3.13. The highest BCUT2D eigenvalue weighted by Crippen LogP contribution is 2.36. The molecular formula is C24H27F3IN9O2. The van der Waals surface area contributed by atoms with Crippen molar-refractivity contribution in [1.29, 1.82) is 0 Å². The van der Waals surface area contributed by atoms with E-state index in [1.165, 1.54) is 6.07 Å². The number of nitrogen functional groups attached to an aromatic ring is 1. The number of pyridine rings is 1. The molecule has 0 amide bonds. The molecule has 2 saturated heterocycles. The maximum absolute atomic E-state index is 13.8. The van der Waals surface area contributed by atoms with Crippen molar-refractivity contribution in [2.75, 3.05) is 59.9 Å². The fraction of sp³-hybridized carbons (Fsp3) is 0.458. The second-order valence-corrected chi connectivity index (χ2v) is 9.77. The zero-order valence-corrected chi connectivity index (χ0v) is 23.0. The second kappa shape index (κ2) is 12.0. The molecule has 0 atom stereocenters. The zero-order valence-electron chi connectivity index (χ0n) is 20.9. The molecule has 2 aliphatic rings. The van der Waals surface area contributed by atoms with Crippen LogP contribution in [-0.4, -0.2) is 79.9 Å². The predicted molar refractivity (Wildman–Crippen MR) is 147 cm³/mol. The van der Waals surface area contributed by atoms with Gasteiger partial charge in [-0.25, -0.2) is 19.9 Å². The normalized spacial score (nSPS) is 17.3. The van der Waals surface area contributed by atoms with Crippen molar-refractivity contribution in [2.24, 2.45) is 0 Å². The molecule has 0 saturated carbocycles. The number of aromatic nitrogens is 5. The summed E-state index contributed by atoms with van der Waals surface area (Å²) in [5.74, 6) is 0.581. The van der Waals surface area contributed by atoms with Gasteiger partial charge in [0.25, 0.3) is 0 Å². The molecule has 0 spiro atoms. The van der Waals surface area contributed by atoms with Gasteiger partial charge in [-0.1, -0.05) is 22.6 Å². The van der Waals surface area contributed by atoms with E-state index in [2.05, 4.69) is 57.7 Å². The number of piperidine rings is 1. The van der Waals surface area contributed by atoms with Crippen LogP contribution in [0.4, 0.5) is 36.6 Å². The minimum Gasteiger partial charge on any atom is -0.474 e. The Balaban J connectivity index is 1.40. The van der Waals surface area contributed by atoms with Gasteiger partial charge in [-0.2, -0.15) is 18.2 Å². The summed E-state index contributed by atoms with van der Waals surface area (Å²) in [6, 6.07) is 4.96. The summed E-state index contributed by atoms with van der Waals surface area (Å²) in [4.78, 5) is 24.8. The summed E-state index contributed by atoms with van der Waals surface area (Å²) < 4.78 is 53.9. The Bertz CT molecular complexity index is 1270. The van der Waals surface area contributed by atoms with Gasteiger partial charge in [0.2, 0.25) is 17.8 Å². The SMILES string of the molecule is Nc1ncc(-c2cc(Nc3ccc(OC4CCN(CI)CC4)nc3)nc(N3CCOCC3)n2)c(C(F)(F)F)n1. The van der Waals surface area contributed by atoms with Crippen LogP contribution in [-0.2, 0) is 10.9 Å². The number of morpholine rings is 1. The van der Waals surface area contributed by atoms with Gasteiger partial charge in [-0.05, 0) is 18.9 Å². The smallest absolute Gasteiger partial charge is 0.434 e. The first-order valence-electron chi connectivity index (χ1n) is 12.4. The van der Waals surface area contributed by atoms with Gasteiger partial charge in [0.15, 0.2) is 5.69 Å². The van der Waals surface area contributed by atoms with Gasteiger partial charge in [0.1, 0.15) is 11.9 Å². The largest absolute Gasteiger partial charge is 0.474 e. The molecule has 0 radical (unpaired) electrons. The summed E-state index contributed by atoms with van der Waals surface area (Å²) in [6.45, 7) is 3.89. The molecule has 39 heavy (non-hydrogen) atoms. The van der Waals surface area contributed by atoms with Crippen LogP contribution in [0.1, 0.15) is 18.5 Å². The lowest BCUT2D eigenvalue weighted by molar-refractivity contribution is -0.140. The van der Waals surface area contributed by atoms with E-state index < -0.39 is 17.8 Å². The van der Waals surface area contributed by atoms with Crippen LogP contribution in [0.2, 0.25) is 0 Å². The van der Waals surface area contributed by atoms with E-state index in [1.54, 1.807) is 18.3 Å². The minimum atomic E-state index is -4.75. The Morgan fingerprint density at radius 3 is 2.49 bits per heavy atom. The fourth-order valence-corrected chi connectivity index (χ4v) is 5.01. The first kappa shape index (κ1) is 27.5. The van der Waals surface area contributed by atoms with Gasteiger partial charge >= 0.3 is 6.18 Å². The third-order valence-electron chi connectivity index (χ3n) is 6.36. The molecule has 208 valence electrons. The van der Waals surface area contributed by atoms with Crippen LogP contribution < -0.4 is 20.7 Å². The van der Waals surface area contributed by atoms with Gasteiger partial charge in [0.05, 0.1) is 35.3 Å². The molecule has 5 rings (SSSR count). The van der Waals surface area contributed by atoms with Crippen molar-refractivity contribution in [3.05, 3.63) is 36.3 Å². The van der Waals surface area contributed by atoms with E-state index in [4.69, 9.17) is 15.2 Å². The number of likely N-dealkylation sites (tertiary alicyclic amines) is 1. The molecule has 2 aliphatic heterocycles. The summed E-state index contributed by atoms with van der Waals surface area (Å²) in [6.07, 6.45) is -0.143. The zero-order chi connectivity index (χ0) is 27.4. The number of hydrogen-bond donors (Lipinski definition) is 2. The number of rotatable bonds is 7. The summed E-state index contributed by atoms with van der Waals surface area (Å²) in [7, 11) is 0. The van der Waals surface area contributed by atoms with Gasteiger partial charge < -0.3 is 25.4 Å². The molecule has 2 fully saturated rings. The number of hydrogen-bond acceptors (Lipinski definition) is 11. The van der Waals surface area contributed by atoms with E-state index in [-0.39, 0.29) is 29.1 Å². The Morgan fingerprint density at radius 1 is 1.05 bits per heavy atom. The highest BCUT2D eigenvalue weighted by atomic mass is 127. The van der Waals surface area contributed by atoms with E-state index >= 15 is 0 Å². The third-order valence-corrected chi connectivity index (χ3v) is 7.32. The first-order valence-corrected chi connectivity index (χ1v) is 13.9. The fourth-order valence-electron chi connectivity index (χ4n) is 4.33. The molecule has 0 aromatic carbocycles. The Kier molecular flexibility index (Phi) is 8.46. The summed E-state index contributed by atoms with van der Waals surface area (Å²) in [5.41, 5.74) is 4.58. The Labute approximate surface area is 236 Å². The van der Waals surface area contributed by atoms with Crippen molar-refractivity contribution in [2.45, 2.75) is 25.1 Å². The Morgan fingerprint density at radius 2 is 1.82 bits per heavy atom. The van der Waals surface area contributed by atoms with Crippen molar-refractivity contribution in [1.82, 2.24) is 29.8 Å². The van der Waals surface area contributed by atoms with Crippen LogP contribution >= 0.6 is 22.6 Å². The molecule has 11 nitrogen and oxygen atoms in total. The second-order valence-electron chi connectivity index (χ2n) is 9.09. The molecule has 0 bridgehead atoms. The number of ether oxygens (including phenoxy) is 2. The lowest BCUT2D eigenvalue weighted by atomic mass is 10.1. The molecule has 0 aliphatic carbocycles. The first-order chi connectivity index (χ1) is 18.8. The van der Waals surface area contributed by atoms with E-state index in [0.717, 1.165) is 36.7 Å². The van der Waals surface area contributed by atoms with Crippen LogP contribution in [0.3, 0.4) is 0 Å². The number of nitrogens with zero attached hydrogens (tertiary/aromatic N) is 7. The predicted octanol–water partition coefficient (Wildman–Crippen LogP) is 3.75. The average molecular weight is 657 g/mol. The van der Waals surface area contributed by atoms with Crippen molar-refractivity contribution >= 4 is 46.0 Å². The highest BCUT2D eigenvalue weighted by Gasteiger charge is 2.37. The number of nitrogens with two attached hydrogens (primary N) is 1. The third kappa shape index (κ3) is 6.94. The standard InChI is InChI=1S/C24H27F3IN9O2/c25-24(26,27)21-17(13-31-22(29)35-21)18-11-19(34-23(33-18)37-7-9-38-10-8-37)32-15-1-2-20(30-12-15)39-16-3-5-36(14-28)6-4-16/h1-2,11-13,16H,3-10,14H2,(H2,29,31,35)(H,32,33,34). The number of nitrogens with one attached hydrogen (secondary N) is 1. The van der Waals surface area contributed by atoms with Crippen LogP contribution in [0.25, 0.3) is 11.3 Å². The van der Waals surface area contributed by atoms with Crippen molar-refractivity contribution in [3.63, 3.8) is 0 Å². The number of alkyl halides is 4. The molecule has 3 aromatic rings. The number of halogens is 4. The van der Waals surface area contributed by atoms with Crippen molar-refractivity contribution < 1.29 is 22.6 Å². The van der Waals surface area contributed by atoms with Crippen LogP contribution in [0, 0.1) is 0 Å². The minimum absolute atomic E-state index is 0.00655. The molecule has 0 unspecified atom stereocenters. The monoisotopic (exact) mass is 657 g/mol. The lowest BCUT2D eigenvalue weighted by Crippen LogP contribution is -2.37. The van der Waals surface area contributed by atoms with Crippen molar-refractivity contribution in [3.8, 4) is 17.1 Å². The Hall–Kier alpha value is -3.05. The topological polar surface area (TPSA) is 127 Å². The van der Waals surface area contributed by atoms with Gasteiger partial charge in [0, 0.05) is 50.1 Å². The van der Waals surface area contributed by atoms with E-state index in [9.17, 15) is 13.2 Å². The van der Waals surface area contributed by atoms with Crippen LogP contribution in [0.5, 0.6) is 5.88 Å². The van der Waals surface area contributed by atoms with E-state index in [0.29, 0.717) is 37.9 Å². The lowest BCUT2D eigenvalue weighted by Gasteiger charge is -2.30. The summed E-state index contributed by atoms with van der Waals surface area (Å²) >= 11 is 2.36. The average Bonchev–Trinajstić information content (AvgIpc) is 2.94. The molecule has 3 N–H and O–H groups in total. The highest BCUT2D eigenvalue weighted by molar-refractivity contribution is 14.1. The molecular weight excluding hydrogens is 630 g/mol. The molecule has 15 heteroatoms. The van der Waals surface area contributed by atoms with Crippen LogP contribution in [0.15, 0.2) is 30.6 Å². The molecule has 3 aromatic heterocycles. The van der Waals surface area contributed by atoms with E-state index in [1.807, 2.05) is 4.90 Å². The van der Waals surface area contributed by atoms with Gasteiger partial charge in [-0.15, -0.1) is 0 Å². The quantitative estimate of drug-likeness (QED) is 0.219.